The molecule has 0 aliphatic carbocycles. The summed E-state index contributed by atoms with van der Waals surface area (Å²) in [6.45, 7) is 3.56. The van der Waals surface area contributed by atoms with Gasteiger partial charge in [0.05, 0.1) is 22.2 Å². The van der Waals surface area contributed by atoms with E-state index in [0.29, 0.717) is 5.02 Å². The predicted octanol–water partition coefficient (Wildman–Crippen LogP) is 4.51. The van der Waals surface area contributed by atoms with E-state index in [1.54, 1.807) is 6.07 Å². The van der Waals surface area contributed by atoms with Gasteiger partial charge >= 0.3 is 0 Å². The number of nitrogens with zero attached hydrogens (tertiary/aromatic N) is 1. The maximum atomic E-state index is 13.0. The van der Waals surface area contributed by atoms with Crippen LogP contribution in [0.15, 0.2) is 60.0 Å². The second-order valence-corrected chi connectivity index (χ2v) is 7.08. The van der Waals surface area contributed by atoms with Gasteiger partial charge in [0.2, 0.25) is 0 Å². The van der Waals surface area contributed by atoms with Gasteiger partial charge in [0.15, 0.2) is 0 Å². The van der Waals surface area contributed by atoms with Crippen LogP contribution in [0.1, 0.15) is 0 Å². The Balaban J connectivity index is 2.57. The van der Waals surface area contributed by atoms with Crippen molar-refractivity contribution in [3.8, 4) is 0 Å². The first-order chi connectivity index (χ1) is 10.4. The summed E-state index contributed by atoms with van der Waals surface area (Å²) in [5, 5.41) is 0.583. The smallest absolute Gasteiger partial charge is 0.261 e. The van der Waals surface area contributed by atoms with Gasteiger partial charge in [-0.25, -0.2) is 12.8 Å². The molecule has 0 aromatic heterocycles. The van der Waals surface area contributed by atoms with Crippen molar-refractivity contribution >= 4 is 38.9 Å². The molecular weight excluding hydrogens is 348 g/mol. The summed E-state index contributed by atoms with van der Waals surface area (Å²) in [6, 6.07) is 9.07. The quantitative estimate of drug-likeness (QED) is 0.736. The van der Waals surface area contributed by atoms with E-state index in [-0.39, 0.29) is 22.2 Å². The molecule has 0 saturated carbocycles. The standard InChI is InChI=1S/C15H12Cl2FNO2S/c1-2-9-19(15-10-11(16)3-8-14(15)17)22(20,21)13-6-4-12(18)5-7-13/h2-8,10H,1,9H2. The molecule has 0 heterocycles. The first-order valence-corrected chi connectivity index (χ1v) is 8.40. The molecule has 2 rings (SSSR count). The van der Waals surface area contributed by atoms with Gasteiger partial charge in [-0.15, -0.1) is 6.58 Å². The Labute approximate surface area is 138 Å². The first kappa shape index (κ1) is 16.8. The highest BCUT2D eigenvalue weighted by atomic mass is 35.5. The normalized spacial score (nSPS) is 11.2. The fraction of sp³-hybridized carbons (Fsp3) is 0.0667. The Kier molecular flexibility index (Phi) is 5.11. The van der Waals surface area contributed by atoms with Crippen molar-refractivity contribution in [1.82, 2.24) is 0 Å². The maximum Gasteiger partial charge on any atom is 0.264 e. The lowest BCUT2D eigenvalue weighted by atomic mass is 10.3. The molecule has 0 bridgehead atoms. The van der Waals surface area contributed by atoms with Crippen molar-refractivity contribution in [2.24, 2.45) is 0 Å². The molecule has 0 N–H and O–H groups in total. The molecule has 0 fully saturated rings. The van der Waals surface area contributed by atoms with Crippen LogP contribution in [0.3, 0.4) is 0 Å². The molecule has 2 aromatic carbocycles. The van der Waals surface area contributed by atoms with Crippen LogP contribution in [0.2, 0.25) is 10.0 Å². The summed E-state index contributed by atoms with van der Waals surface area (Å²) in [7, 11) is -3.92. The van der Waals surface area contributed by atoms with E-state index in [2.05, 4.69) is 6.58 Å². The van der Waals surface area contributed by atoms with Gasteiger partial charge in [-0.2, -0.15) is 0 Å². The second-order valence-electron chi connectivity index (χ2n) is 4.37. The minimum atomic E-state index is -3.92. The van der Waals surface area contributed by atoms with Crippen LogP contribution >= 0.6 is 23.2 Å². The molecule has 0 amide bonds. The largest absolute Gasteiger partial charge is 0.264 e. The van der Waals surface area contributed by atoms with Crippen LogP contribution in [-0.2, 0) is 10.0 Å². The molecule has 0 spiro atoms. The molecule has 2 aromatic rings. The highest BCUT2D eigenvalue weighted by Crippen LogP contribution is 2.32. The monoisotopic (exact) mass is 359 g/mol. The Morgan fingerprint density at radius 1 is 1.14 bits per heavy atom. The van der Waals surface area contributed by atoms with Gasteiger partial charge in [-0.1, -0.05) is 29.3 Å². The Morgan fingerprint density at radius 3 is 2.36 bits per heavy atom. The van der Waals surface area contributed by atoms with Crippen molar-refractivity contribution in [2.75, 3.05) is 10.8 Å². The van der Waals surface area contributed by atoms with Crippen LogP contribution in [-0.4, -0.2) is 15.0 Å². The molecule has 0 aliphatic heterocycles. The number of hydrogen-bond acceptors (Lipinski definition) is 2. The van der Waals surface area contributed by atoms with E-state index in [1.165, 1.54) is 30.3 Å². The third kappa shape index (κ3) is 3.43. The molecule has 0 radical (unpaired) electrons. The van der Waals surface area contributed by atoms with Gasteiger partial charge in [-0.05, 0) is 42.5 Å². The zero-order chi connectivity index (χ0) is 16.3. The van der Waals surface area contributed by atoms with E-state index in [0.717, 1.165) is 16.4 Å². The third-order valence-electron chi connectivity index (χ3n) is 2.87. The number of benzene rings is 2. The van der Waals surface area contributed by atoms with Crippen molar-refractivity contribution in [3.63, 3.8) is 0 Å². The summed E-state index contributed by atoms with van der Waals surface area (Å²) in [5.41, 5.74) is 0.235. The summed E-state index contributed by atoms with van der Waals surface area (Å²) in [6.07, 6.45) is 1.43. The van der Waals surface area contributed by atoms with Crippen molar-refractivity contribution < 1.29 is 12.8 Å². The van der Waals surface area contributed by atoms with E-state index < -0.39 is 15.8 Å². The summed E-state index contributed by atoms with van der Waals surface area (Å²) >= 11 is 12.0. The fourth-order valence-corrected chi connectivity index (χ4v) is 3.74. The fourth-order valence-electron chi connectivity index (χ4n) is 1.85. The van der Waals surface area contributed by atoms with Crippen LogP contribution in [0.4, 0.5) is 10.1 Å². The minimum Gasteiger partial charge on any atom is -0.261 e. The maximum absolute atomic E-state index is 13.0. The molecule has 0 saturated heterocycles. The second kappa shape index (κ2) is 6.69. The highest BCUT2D eigenvalue weighted by molar-refractivity contribution is 7.92. The highest BCUT2D eigenvalue weighted by Gasteiger charge is 2.26. The summed E-state index contributed by atoms with van der Waals surface area (Å²) in [4.78, 5) is -0.0493. The number of rotatable bonds is 5. The number of sulfonamides is 1. The van der Waals surface area contributed by atoms with Gasteiger partial charge in [0.25, 0.3) is 10.0 Å². The van der Waals surface area contributed by atoms with Crippen LogP contribution in [0.5, 0.6) is 0 Å². The molecular formula is C15H12Cl2FNO2S. The molecule has 3 nitrogen and oxygen atoms in total. The summed E-state index contributed by atoms with van der Waals surface area (Å²) in [5.74, 6) is -0.519. The third-order valence-corrected chi connectivity index (χ3v) is 5.22. The number of hydrogen-bond donors (Lipinski definition) is 0. The van der Waals surface area contributed by atoms with Crippen LogP contribution < -0.4 is 4.31 Å². The van der Waals surface area contributed by atoms with Gasteiger partial charge in [-0.3, -0.25) is 4.31 Å². The van der Waals surface area contributed by atoms with Crippen LogP contribution in [0.25, 0.3) is 0 Å². The van der Waals surface area contributed by atoms with Crippen molar-refractivity contribution in [1.29, 1.82) is 0 Å². The lowest BCUT2D eigenvalue weighted by molar-refractivity contribution is 0.591. The van der Waals surface area contributed by atoms with E-state index >= 15 is 0 Å². The molecule has 0 aliphatic rings. The topological polar surface area (TPSA) is 37.4 Å². The lowest BCUT2D eigenvalue weighted by Gasteiger charge is -2.24. The average Bonchev–Trinajstić information content (AvgIpc) is 2.48. The van der Waals surface area contributed by atoms with Gasteiger partial charge in [0, 0.05) is 5.02 Å². The molecule has 0 atom stereocenters. The van der Waals surface area contributed by atoms with Gasteiger partial charge < -0.3 is 0 Å². The number of anilines is 1. The SMILES string of the molecule is C=CCN(c1cc(Cl)ccc1Cl)S(=O)(=O)c1ccc(F)cc1. The average molecular weight is 360 g/mol. The number of halogens is 3. The zero-order valence-corrected chi connectivity index (χ0v) is 13.7. The Hall–Kier alpha value is -1.56. The minimum absolute atomic E-state index is 0.000226. The Morgan fingerprint density at radius 2 is 1.77 bits per heavy atom. The van der Waals surface area contributed by atoms with Crippen LogP contribution in [0, 0.1) is 5.82 Å². The van der Waals surface area contributed by atoms with Crippen molar-refractivity contribution in [2.45, 2.75) is 4.90 Å². The van der Waals surface area contributed by atoms with Gasteiger partial charge in [0.1, 0.15) is 5.82 Å². The lowest BCUT2D eigenvalue weighted by Crippen LogP contribution is -2.31. The molecule has 7 heteroatoms. The molecule has 0 unspecified atom stereocenters. The van der Waals surface area contributed by atoms with E-state index in [4.69, 9.17) is 23.2 Å². The summed E-state index contributed by atoms with van der Waals surface area (Å²) < 4.78 is 39.6. The van der Waals surface area contributed by atoms with Crippen molar-refractivity contribution in [3.05, 3.63) is 71.0 Å². The molecule has 22 heavy (non-hydrogen) atoms. The van der Waals surface area contributed by atoms with E-state index in [1.807, 2.05) is 0 Å². The Bertz CT molecular complexity index is 792. The predicted molar refractivity (Wildman–Crippen MR) is 87.6 cm³/mol. The molecule has 116 valence electrons. The first-order valence-electron chi connectivity index (χ1n) is 6.20. The van der Waals surface area contributed by atoms with E-state index in [9.17, 15) is 12.8 Å². The zero-order valence-electron chi connectivity index (χ0n) is 11.3.